The molecular weight excluding hydrogens is 192 g/mol. The van der Waals surface area contributed by atoms with E-state index in [9.17, 15) is 4.79 Å². The van der Waals surface area contributed by atoms with Crippen molar-refractivity contribution >= 4 is 5.91 Å². The van der Waals surface area contributed by atoms with Gasteiger partial charge in [0.05, 0.1) is 6.10 Å². The van der Waals surface area contributed by atoms with E-state index in [1.807, 2.05) is 6.92 Å². The Morgan fingerprint density at radius 2 is 2.40 bits per heavy atom. The predicted molar refractivity (Wildman–Crippen MR) is 59.4 cm³/mol. The molecule has 0 spiro atoms. The summed E-state index contributed by atoms with van der Waals surface area (Å²) in [6.07, 6.45) is 2.07. The maximum absolute atomic E-state index is 11.6. The summed E-state index contributed by atoms with van der Waals surface area (Å²) in [6, 6.07) is 0. The molecule has 1 aliphatic heterocycles. The summed E-state index contributed by atoms with van der Waals surface area (Å²) in [5.41, 5.74) is 5.41. The molecular formula is C11H22N2O2. The lowest BCUT2D eigenvalue weighted by Crippen LogP contribution is -2.35. The fraction of sp³-hybridized carbons (Fsp3) is 0.909. The third kappa shape index (κ3) is 3.80. The largest absolute Gasteiger partial charge is 0.378 e. The highest BCUT2D eigenvalue weighted by Gasteiger charge is 2.24. The molecule has 1 rings (SSSR count). The number of ether oxygens (including phenoxy) is 1. The van der Waals surface area contributed by atoms with Gasteiger partial charge in [-0.2, -0.15) is 0 Å². The summed E-state index contributed by atoms with van der Waals surface area (Å²) in [7, 11) is 0. The highest BCUT2D eigenvalue weighted by Crippen LogP contribution is 2.19. The third-order valence-electron chi connectivity index (χ3n) is 3.12. The number of nitrogens with one attached hydrogen (secondary N) is 1. The monoisotopic (exact) mass is 214 g/mol. The second kappa shape index (κ2) is 6.08. The Hall–Kier alpha value is -0.610. The van der Waals surface area contributed by atoms with Crippen molar-refractivity contribution in [2.24, 2.45) is 17.6 Å². The van der Waals surface area contributed by atoms with Gasteiger partial charge in [-0.05, 0) is 26.3 Å². The van der Waals surface area contributed by atoms with E-state index < -0.39 is 0 Å². The van der Waals surface area contributed by atoms with E-state index >= 15 is 0 Å². The van der Waals surface area contributed by atoms with Crippen LogP contribution in [0.25, 0.3) is 0 Å². The Bertz CT molecular complexity index is 209. The quantitative estimate of drug-likeness (QED) is 0.701. The van der Waals surface area contributed by atoms with Gasteiger partial charge in [0.1, 0.15) is 0 Å². The van der Waals surface area contributed by atoms with Crippen molar-refractivity contribution in [3.05, 3.63) is 0 Å². The zero-order chi connectivity index (χ0) is 11.3. The molecule has 15 heavy (non-hydrogen) atoms. The predicted octanol–water partition coefficient (Wildman–Crippen LogP) is 0.513. The first-order valence-electron chi connectivity index (χ1n) is 5.74. The van der Waals surface area contributed by atoms with Crippen molar-refractivity contribution < 1.29 is 9.53 Å². The first kappa shape index (κ1) is 12.5. The zero-order valence-electron chi connectivity index (χ0n) is 9.66. The van der Waals surface area contributed by atoms with Crippen molar-refractivity contribution in [1.82, 2.24) is 5.32 Å². The molecule has 1 aliphatic rings. The number of hydrogen-bond donors (Lipinski definition) is 2. The number of carbonyl (C=O) groups excluding carboxylic acids is 1. The number of rotatable bonds is 5. The summed E-state index contributed by atoms with van der Waals surface area (Å²) < 4.78 is 5.43. The SMILES string of the molecule is CC(CCN)C(=O)NCC1CCOC1C. The van der Waals surface area contributed by atoms with Gasteiger partial charge < -0.3 is 15.8 Å². The van der Waals surface area contributed by atoms with E-state index in [1.54, 1.807) is 0 Å². The third-order valence-corrected chi connectivity index (χ3v) is 3.12. The highest BCUT2D eigenvalue weighted by molar-refractivity contribution is 5.78. The van der Waals surface area contributed by atoms with Crippen molar-refractivity contribution in [3.63, 3.8) is 0 Å². The van der Waals surface area contributed by atoms with E-state index in [0.29, 0.717) is 12.5 Å². The van der Waals surface area contributed by atoms with Gasteiger partial charge in [-0.3, -0.25) is 4.79 Å². The molecule has 1 amide bonds. The molecule has 3 N–H and O–H groups in total. The Morgan fingerprint density at radius 3 is 2.93 bits per heavy atom. The molecule has 4 heteroatoms. The molecule has 0 aromatic heterocycles. The smallest absolute Gasteiger partial charge is 0.222 e. The lowest BCUT2D eigenvalue weighted by molar-refractivity contribution is -0.124. The highest BCUT2D eigenvalue weighted by atomic mass is 16.5. The minimum Gasteiger partial charge on any atom is -0.378 e. The molecule has 1 fully saturated rings. The van der Waals surface area contributed by atoms with Crippen LogP contribution < -0.4 is 11.1 Å². The van der Waals surface area contributed by atoms with Gasteiger partial charge in [-0.25, -0.2) is 0 Å². The van der Waals surface area contributed by atoms with Crippen molar-refractivity contribution in [1.29, 1.82) is 0 Å². The van der Waals surface area contributed by atoms with Gasteiger partial charge in [0.15, 0.2) is 0 Å². The Balaban J connectivity index is 2.21. The molecule has 3 unspecified atom stereocenters. The van der Waals surface area contributed by atoms with Gasteiger partial charge in [-0.15, -0.1) is 0 Å². The van der Waals surface area contributed by atoms with E-state index in [2.05, 4.69) is 12.2 Å². The number of amides is 1. The van der Waals surface area contributed by atoms with Crippen molar-refractivity contribution in [2.75, 3.05) is 19.7 Å². The van der Waals surface area contributed by atoms with Crippen LogP contribution in [0.4, 0.5) is 0 Å². The van der Waals surface area contributed by atoms with Crippen LogP contribution in [0.1, 0.15) is 26.7 Å². The molecule has 0 bridgehead atoms. The topological polar surface area (TPSA) is 64.4 Å². The molecule has 0 saturated carbocycles. The van der Waals surface area contributed by atoms with Crippen molar-refractivity contribution in [3.8, 4) is 0 Å². The Labute approximate surface area is 91.5 Å². The second-order valence-corrected chi connectivity index (χ2v) is 4.35. The standard InChI is InChI=1S/C11H22N2O2/c1-8(3-5-12)11(14)13-7-10-4-6-15-9(10)2/h8-10H,3-7,12H2,1-2H3,(H,13,14). The summed E-state index contributed by atoms with van der Waals surface area (Å²) >= 11 is 0. The first-order chi connectivity index (χ1) is 7.15. The van der Waals surface area contributed by atoms with Crippen LogP contribution in [0.2, 0.25) is 0 Å². The van der Waals surface area contributed by atoms with E-state index in [0.717, 1.165) is 26.0 Å². The maximum atomic E-state index is 11.6. The molecule has 3 atom stereocenters. The molecule has 0 aliphatic carbocycles. The number of carbonyl (C=O) groups is 1. The zero-order valence-corrected chi connectivity index (χ0v) is 9.66. The number of nitrogens with two attached hydrogens (primary N) is 1. The van der Waals surface area contributed by atoms with Crippen LogP contribution in [-0.2, 0) is 9.53 Å². The second-order valence-electron chi connectivity index (χ2n) is 4.35. The first-order valence-corrected chi connectivity index (χ1v) is 5.74. The fourth-order valence-electron chi connectivity index (χ4n) is 1.83. The number of hydrogen-bond acceptors (Lipinski definition) is 3. The molecule has 0 aromatic carbocycles. The van der Waals surface area contributed by atoms with E-state index in [-0.39, 0.29) is 17.9 Å². The van der Waals surface area contributed by atoms with Gasteiger partial charge in [0.2, 0.25) is 5.91 Å². The van der Waals surface area contributed by atoms with Crippen LogP contribution >= 0.6 is 0 Å². The van der Waals surface area contributed by atoms with Crippen LogP contribution in [0, 0.1) is 11.8 Å². The normalized spacial score (nSPS) is 27.7. The summed E-state index contributed by atoms with van der Waals surface area (Å²) in [4.78, 5) is 11.6. The summed E-state index contributed by atoms with van der Waals surface area (Å²) in [6.45, 7) is 6.09. The average Bonchev–Trinajstić information content (AvgIpc) is 2.61. The van der Waals surface area contributed by atoms with E-state index in [1.165, 1.54) is 0 Å². The summed E-state index contributed by atoms with van der Waals surface area (Å²) in [5.74, 6) is 0.603. The van der Waals surface area contributed by atoms with Gasteiger partial charge in [0.25, 0.3) is 0 Å². The Kier molecular flexibility index (Phi) is 5.05. The Morgan fingerprint density at radius 1 is 1.67 bits per heavy atom. The van der Waals surface area contributed by atoms with Gasteiger partial charge in [-0.1, -0.05) is 6.92 Å². The fourth-order valence-corrected chi connectivity index (χ4v) is 1.83. The molecule has 1 saturated heterocycles. The minimum absolute atomic E-state index is 0.0210. The van der Waals surface area contributed by atoms with Crippen LogP contribution in [-0.4, -0.2) is 31.7 Å². The lowest BCUT2D eigenvalue weighted by atomic mass is 10.0. The molecule has 4 nitrogen and oxygen atoms in total. The molecule has 0 aromatic rings. The minimum atomic E-state index is 0.0210. The maximum Gasteiger partial charge on any atom is 0.222 e. The van der Waals surface area contributed by atoms with Crippen LogP contribution in [0.3, 0.4) is 0 Å². The van der Waals surface area contributed by atoms with Gasteiger partial charge >= 0.3 is 0 Å². The van der Waals surface area contributed by atoms with Crippen molar-refractivity contribution in [2.45, 2.75) is 32.8 Å². The lowest BCUT2D eigenvalue weighted by Gasteiger charge is -2.16. The average molecular weight is 214 g/mol. The van der Waals surface area contributed by atoms with Crippen LogP contribution in [0.15, 0.2) is 0 Å². The van der Waals surface area contributed by atoms with E-state index in [4.69, 9.17) is 10.5 Å². The molecule has 1 heterocycles. The van der Waals surface area contributed by atoms with Gasteiger partial charge in [0, 0.05) is 25.0 Å². The molecule has 0 radical (unpaired) electrons. The van der Waals surface area contributed by atoms with Crippen LogP contribution in [0.5, 0.6) is 0 Å². The molecule has 88 valence electrons. The summed E-state index contributed by atoms with van der Waals surface area (Å²) in [5, 5.41) is 2.97.